The second-order valence-electron chi connectivity index (χ2n) is 9.24. The smallest absolute Gasteiger partial charge is 0.350 e. The number of methoxy groups -OCH3 is 1. The van der Waals surface area contributed by atoms with E-state index >= 15 is 0 Å². The van der Waals surface area contributed by atoms with Gasteiger partial charge >= 0.3 is 5.97 Å². The third-order valence-corrected chi connectivity index (χ3v) is 8.22. The van der Waals surface area contributed by atoms with Gasteiger partial charge in [-0.3, -0.25) is 4.79 Å². The first kappa shape index (κ1) is 25.2. The van der Waals surface area contributed by atoms with E-state index in [1.165, 1.54) is 29.8 Å². The van der Waals surface area contributed by atoms with Gasteiger partial charge in [-0.05, 0) is 75.1 Å². The molecule has 0 unspecified atom stereocenters. The Hall–Kier alpha value is -2.95. The molecule has 0 spiro atoms. The van der Waals surface area contributed by atoms with Gasteiger partial charge in [0.1, 0.15) is 4.88 Å². The molecule has 1 aliphatic carbocycles. The average molecular weight is 507 g/mol. The molecular weight excluding hydrogens is 476 g/mol. The number of amides is 1. The van der Waals surface area contributed by atoms with Gasteiger partial charge in [-0.2, -0.15) is 0 Å². The van der Waals surface area contributed by atoms with Gasteiger partial charge in [0.2, 0.25) is 5.91 Å². The topological polar surface area (TPSA) is 59.5 Å². The molecule has 0 aliphatic heterocycles. The van der Waals surface area contributed by atoms with Crippen LogP contribution in [0.15, 0.2) is 41.9 Å². The Morgan fingerprint density at radius 3 is 2.43 bits per heavy atom. The van der Waals surface area contributed by atoms with Gasteiger partial charge < -0.3 is 9.64 Å². The van der Waals surface area contributed by atoms with E-state index in [9.17, 15) is 9.59 Å². The van der Waals surface area contributed by atoms with E-state index in [1.54, 1.807) is 11.1 Å². The van der Waals surface area contributed by atoms with Crippen molar-refractivity contribution in [3.05, 3.63) is 57.4 Å². The Kier molecular flexibility index (Phi) is 8.04. The Labute approximate surface area is 215 Å². The number of thiazole rings is 1. The average Bonchev–Trinajstić information content (AvgIpc) is 3.53. The highest BCUT2D eigenvalue weighted by molar-refractivity contribution is 7.18. The van der Waals surface area contributed by atoms with Gasteiger partial charge in [0, 0.05) is 34.0 Å². The fourth-order valence-corrected chi connectivity index (χ4v) is 5.98. The number of thiophene rings is 1. The summed E-state index contributed by atoms with van der Waals surface area (Å²) in [6.07, 6.45) is 5.68. The lowest BCUT2D eigenvalue weighted by Gasteiger charge is -2.33. The first-order chi connectivity index (χ1) is 16.9. The van der Waals surface area contributed by atoms with Crippen LogP contribution in [0.1, 0.15) is 66.7 Å². The van der Waals surface area contributed by atoms with Crippen LogP contribution in [-0.2, 0) is 9.53 Å². The predicted molar refractivity (Wildman–Crippen MR) is 143 cm³/mol. The maximum atomic E-state index is 13.6. The molecule has 2 heterocycles. The Morgan fingerprint density at radius 1 is 1.11 bits per heavy atom. The highest BCUT2D eigenvalue weighted by Crippen LogP contribution is 2.40. The van der Waals surface area contributed by atoms with Crippen LogP contribution >= 0.6 is 22.7 Å². The molecule has 7 heteroatoms. The standard InChI is InChI=1S/C28H30N2O3S2/c1-18(2)30(27(31)22-10-5-19(3)6-11-22)23-17-24(35-26(23)28(32)33-4)21-12-7-20(8-13-21)9-14-25-29-15-16-34-25/h7-8,12-13,15-19,22H,5-6,10-11H2,1-4H3/t19-,22-. The van der Waals surface area contributed by atoms with Crippen molar-refractivity contribution in [3.63, 3.8) is 0 Å². The summed E-state index contributed by atoms with van der Waals surface area (Å²) in [5.41, 5.74) is 2.50. The molecule has 4 rings (SSSR count). The summed E-state index contributed by atoms with van der Waals surface area (Å²) in [6.45, 7) is 6.24. The van der Waals surface area contributed by atoms with Crippen LogP contribution in [0.5, 0.6) is 0 Å². The van der Waals surface area contributed by atoms with Crippen LogP contribution < -0.4 is 4.90 Å². The summed E-state index contributed by atoms with van der Waals surface area (Å²) in [7, 11) is 1.38. The Bertz CT molecular complexity index is 1230. The SMILES string of the molecule is COC(=O)c1sc(-c2ccc(C#Cc3nccs3)cc2)cc1N(C(=O)[C@H]1CC[C@H](C)CC1)C(C)C. The zero-order chi connectivity index (χ0) is 24.9. The van der Waals surface area contributed by atoms with Gasteiger partial charge in [0.25, 0.3) is 0 Å². The number of aromatic nitrogens is 1. The van der Waals surface area contributed by atoms with Crippen molar-refractivity contribution in [1.82, 2.24) is 4.98 Å². The molecule has 0 bridgehead atoms. The van der Waals surface area contributed by atoms with Crippen molar-refractivity contribution in [3.8, 4) is 22.3 Å². The van der Waals surface area contributed by atoms with Crippen LogP contribution in [0.2, 0.25) is 0 Å². The Morgan fingerprint density at radius 2 is 1.83 bits per heavy atom. The monoisotopic (exact) mass is 506 g/mol. The van der Waals surface area contributed by atoms with Crippen molar-refractivity contribution in [2.75, 3.05) is 12.0 Å². The highest BCUT2D eigenvalue weighted by atomic mass is 32.1. The van der Waals surface area contributed by atoms with E-state index in [2.05, 4.69) is 23.7 Å². The number of rotatable bonds is 5. The molecule has 0 N–H and O–H groups in total. The minimum absolute atomic E-state index is 0.00172. The van der Waals surface area contributed by atoms with E-state index in [0.717, 1.165) is 46.7 Å². The third kappa shape index (κ3) is 5.83. The van der Waals surface area contributed by atoms with Crippen LogP contribution in [0, 0.1) is 23.7 Å². The van der Waals surface area contributed by atoms with Crippen LogP contribution in [0.25, 0.3) is 10.4 Å². The molecule has 5 nitrogen and oxygen atoms in total. The van der Waals surface area contributed by atoms with Crippen LogP contribution in [-0.4, -0.2) is 30.0 Å². The quantitative estimate of drug-likeness (QED) is 0.288. The molecule has 35 heavy (non-hydrogen) atoms. The van der Waals surface area contributed by atoms with Crippen molar-refractivity contribution >= 4 is 40.2 Å². The minimum atomic E-state index is -0.419. The highest BCUT2D eigenvalue weighted by Gasteiger charge is 2.33. The molecule has 2 aromatic heterocycles. The lowest BCUT2D eigenvalue weighted by molar-refractivity contribution is -0.123. The number of carbonyl (C=O) groups excluding carboxylic acids is 2. The molecule has 0 atom stereocenters. The number of nitrogens with zero attached hydrogens (tertiary/aromatic N) is 2. The van der Waals surface area contributed by atoms with Gasteiger partial charge in [-0.15, -0.1) is 22.7 Å². The zero-order valence-corrected chi connectivity index (χ0v) is 22.2. The van der Waals surface area contributed by atoms with Gasteiger partial charge in [-0.1, -0.05) is 25.0 Å². The second kappa shape index (κ2) is 11.2. The lowest BCUT2D eigenvalue weighted by atomic mass is 9.82. The van der Waals surface area contributed by atoms with Crippen molar-refractivity contribution in [1.29, 1.82) is 0 Å². The van der Waals surface area contributed by atoms with Gasteiger partial charge in [-0.25, -0.2) is 9.78 Å². The molecule has 1 aromatic carbocycles. The summed E-state index contributed by atoms with van der Waals surface area (Å²) in [5, 5.41) is 2.69. The molecular formula is C28H30N2O3S2. The van der Waals surface area contributed by atoms with E-state index in [0.29, 0.717) is 16.5 Å². The maximum Gasteiger partial charge on any atom is 0.350 e. The normalized spacial score (nSPS) is 17.5. The molecule has 0 radical (unpaired) electrons. The summed E-state index contributed by atoms with van der Waals surface area (Å²) < 4.78 is 5.09. The summed E-state index contributed by atoms with van der Waals surface area (Å²) in [4.78, 5) is 33.7. The molecule has 1 amide bonds. The second-order valence-corrected chi connectivity index (χ2v) is 11.2. The number of ether oxygens (including phenoxy) is 1. The predicted octanol–water partition coefficient (Wildman–Crippen LogP) is 6.63. The number of carbonyl (C=O) groups is 2. The number of hydrogen-bond acceptors (Lipinski definition) is 6. The largest absolute Gasteiger partial charge is 0.465 e. The number of benzene rings is 1. The van der Waals surface area contributed by atoms with E-state index in [4.69, 9.17) is 4.74 Å². The van der Waals surface area contributed by atoms with Gasteiger partial charge in [0.15, 0.2) is 5.01 Å². The van der Waals surface area contributed by atoms with Crippen molar-refractivity contribution < 1.29 is 14.3 Å². The summed E-state index contributed by atoms with van der Waals surface area (Å²) >= 11 is 2.87. The maximum absolute atomic E-state index is 13.6. The number of esters is 1. The number of anilines is 1. The molecule has 182 valence electrons. The van der Waals surface area contributed by atoms with Crippen molar-refractivity contribution in [2.24, 2.45) is 11.8 Å². The molecule has 1 saturated carbocycles. The van der Waals surface area contributed by atoms with E-state index in [1.807, 2.05) is 49.6 Å². The van der Waals surface area contributed by atoms with E-state index < -0.39 is 5.97 Å². The van der Waals surface area contributed by atoms with Gasteiger partial charge in [0.05, 0.1) is 12.8 Å². The molecule has 1 fully saturated rings. The van der Waals surface area contributed by atoms with Crippen LogP contribution in [0.3, 0.4) is 0 Å². The minimum Gasteiger partial charge on any atom is -0.465 e. The summed E-state index contributed by atoms with van der Waals surface area (Å²) in [6, 6.07) is 9.79. The molecule has 1 aliphatic rings. The first-order valence-electron chi connectivity index (χ1n) is 11.9. The zero-order valence-electron chi connectivity index (χ0n) is 20.5. The Balaban J connectivity index is 1.65. The fraction of sp³-hybridized carbons (Fsp3) is 0.393. The third-order valence-electron chi connectivity index (χ3n) is 6.38. The van der Waals surface area contributed by atoms with E-state index in [-0.39, 0.29) is 17.9 Å². The first-order valence-corrected chi connectivity index (χ1v) is 13.6. The molecule has 3 aromatic rings. The molecule has 0 saturated heterocycles. The lowest BCUT2D eigenvalue weighted by Crippen LogP contribution is -2.42. The number of hydrogen-bond donors (Lipinski definition) is 0. The van der Waals surface area contributed by atoms with Crippen LogP contribution in [0.4, 0.5) is 5.69 Å². The van der Waals surface area contributed by atoms with Crippen molar-refractivity contribution in [2.45, 2.75) is 52.5 Å². The summed E-state index contributed by atoms with van der Waals surface area (Å²) in [5.74, 6) is 6.55. The fourth-order valence-electron chi connectivity index (χ4n) is 4.43.